The van der Waals surface area contributed by atoms with Crippen LogP contribution in [0.4, 0.5) is 5.69 Å². The van der Waals surface area contributed by atoms with Crippen LogP contribution in [0.3, 0.4) is 0 Å². The number of nitrogens with one attached hydrogen (secondary N) is 1. The molecule has 0 aromatic heterocycles. The summed E-state index contributed by atoms with van der Waals surface area (Å²) >= 11 is 12.0. The summed E-state index contributed by atoms with van der Waals surface area (Å²) in [6.45, 7) is 0. The number of ketones is 1. The van der Waals surface area contributed by atoms with Gasteiger partial charge in [0.05, 0.1) is 24.2 Å². The average molecular weight is 382 g/mol. The van der Waals surface area contributed by atoms with Crippen LogP contribution in [0.25, 0.3) is 0 Å². The van der Waals surface area contributed by atoms with Crippen molar-refractivity contribution in [3.05, 3.63) is 51.5 Å². The Kier molecular flexibility index (Phi) is 4.36. The third kappa shape index (κ3) is 2.93. The maximum atomic E-state index is 12.6. The Hall–Kier alpha value is -2.28. The summed E-state index contributed by atoms with van der Waals surface area (Å²) in [5.41, 5.74) is -1.53. The van der Waals surface area contributed by atoms with Crippen molar-refractivity contribution in [2.75, 3.05) is 12.4 Å². The third-order valence-corrected chi connectivity index (χ3v) is 4.55. The average Bonchev–Trinajstić information content (AvgIpc) is 2.80. The maximum Gasteiger partial charge on any atom is 0.261 e. The highest BCUT2D eigenvalue weighted by atomic mass is 35.5. The molecule has 3 rings (SSSR count). The van der Waals surface area contributed by atoms with Crippen molar-refractivity contribution in [1.82, 2.24) is 0 Å². The minimum Gasteiger partial charge on any atom is -0.504 e. The van der Waals surface area contributed by atoms with Crippen molar-refractivity contribution in [2.24, 2.45) is 0 Å². The molecular weight excluding hydrogens is 369 g/mol. The van der Waals surface area contributed by atoms with Gasteiger partial charge in [-0.15, -0.1) is 0 Å². The lowest BCUT2D eigenvalue weighted by atomic mass is 9.88. The zero-order valence-corrected chi connectivity index (χ0v) is 14.5. The molecule has 1 atom stereocenters. The van der Waals surface area contributed by atoms with Gasteiger partial charge in [-0.05, 0) is 30.3 Å². The van der Waals surface area contributed by atoms with Gasteiger partial charge in [0, 0.05) is 16.1 Å². The van der Waals surface area contributed by atoms with E-state index in [2.05, 4.69) is 5.32 Å². The fourth-order valence-electron chi connectivity index (χ4n) is 2.73. The summed E-state index contributed by atoms with van der Waals surface area (Å²) in [5.74, 6) is -1.29. The summed E-state index contributed by atoms with van der Waals surface area (Å²) in [5, 5.41) is 23.3. The second kappa shape index (κ2) is 6.22. The molecule has 0 bridgehead atoms. The quantitative estimate of drug-likeness (QED) is 0.707. The predicted molar refractivity (Wildman–Crippen MR) is 92.6 cm³/mol. The normalized spacial score (nSPS) is 18.6. The number of hydrogen-bond donors (Lipinski definition) is 3. The van der Waals surface area contributed by atoms with Gasteiger partial charge in [-0.25, -0.2) is 0 Å². The van der Waals surface area contributed by atoms with Crippen molar-refractivity contribution in [2.45, 2.75) is 12.0 Å². The molecule has 0 aliphatic carbocycles. The Morgan fingerprint density at radius 3 is 2.68 bits per heavy atom. The summed E-state index contributed by atoms with van der Waals surface area (Å²) in [6.07, 6.45) is -0.517. The van der Waals surface area contributed by atoms with Gasteiger partial charge in [0.1, 0.15) is 0 Å². The van der Waals surface area contributed by atoms with E-state index >= 15 is 0 Å². The van der Waals surface area contributed by atoms with Gasteiger partial charge in [-0.2, -0.15) is 0 Å². The molecule has 0 spiro atoms. The van der Waals surface area contributed by atoms with Crippen molar-refractivity contribution in [3.63, 3.8) is 0 Å². The van der Waals surface area contributed by atoms with E-state index in [4.69, 9.17) is 27.9 Å². The molecule has 6 nitrogen and oxygen atoms in total. The largest absolute Gasteiger partial charge is 0.504 e. The number of phenolic OH excluding ortho intramolecular Hbond substituents is 1. The number of hydrogen-bond acceptors (Lipinski definition) is 5. The van der Waals surface area contributed by atoms with E-state index in [0.717, 1.165) is 0 Å². The number of carbonyl (C=O) groups excluding carboxylic acids is 2. The molecule has 0 saturated heterocycles. The first-order valence-electron chi connectivity index (χ1n) is 7.20. The number of halogens is 2. The number of aromatic hydroxyl groups is 1. The van der Waals surface area contributed by atoms with Crippen LogP contribution >= 0.6 is 23.2 Å². The molecule has 0 unspecified atom stereocenters. The van der Waals surface area contributed by atoms with Crippen molar-refractivity contribution in [3.8, 4) is 11.5 Å². The first-order valence-corrected chi connectivity index (χ1v) is 7.95. The van der Waals surface area contributed by atoms with Crippen molar-refractivity contribution < 1.29 is 24.5 Å². The van der Waals surface area contributed by atoms with E-state index < -0.39 is 23.7 Å². The number of rotatable bonds is 4. The Bertz CT molecular complexity index is 899. The van der Waals surface area contributed by atoms with E-state index in [1.807, 2.05) is 0 Å². The van der Waals surface area contributed by atoms with E-state index in [-0.39, 0.29) is 38.4 Å². The summed E-state index contributed by atoms with van der Waals surface area (Å²) in [6, 6.07) is 6.83. The third-order valence-electron chi connectivity index (χ3n) is 4.03. The second-order valence-corrected chi connectivity index (χ2v) is 6.45. The lowest BCUT2D eigenvalue weighted by molar-refractivity contribution is -0.133. The first-order chi connectivity index (χ1) is 11.8. The molecule has 130 valence electrons. The van der Waals surface area contributed by atoms with Crippen LogP contribution in [0, 0.1) is 0 Å². The highest BCUT2D eigenvalue weighted by molar-refractivity contribution is 6.37. The highest BCUT2D eigenvalue weighted by Crippen LogP contribution is 2.44. The number of phenols is 1. The van der Waals surface area contributed by atoms with Crippen LogP contribution in [0.2, 0.25) is 10.0 Å². The summed E-state index contributed by atoms with van der Waals surface area (Å²) in [7, 11) is 1.35. The van der Waals surface area contributed by atoms with Gasteiger partial charge in [-0.3, -0.25) is 9.59 Å². The van der Waals surface area contributed by atoms with E-state index in [9.17, 15) is 19.8 Å². The van der Waals surface area contributed by atoms with Crippen LogP contribution in [0.1, 0.15) is 22.3 Å². The van der Waals surface area contributed by atoms with Crippen LogP contribution < -0.4 is 10.1 Å². The molecule has 1 amide bonds. The molecule has 2 aromatic rings. The SMILES string of the molecule is COc1cc(C(=O)C[C@]2(O)C(=O)Nc3c(Cl)cc(Cl)cc32)ccc1O. The number of carbonyl (C=O) groups is 2. The Morgan fingerprint density at radius 1 is 1.28 bits per heavy atom. The fraction of sp³-hybridized carbons (Fsp3) is 0.176. The molecule has 0 fully saturated rings. The van der Waals surface area contributed by atoms with Gasteiger partial charge in [0.15, 0.2) is 22.9 Å². The second-order valence-electron chi connectivity index (χ2n) is 5.61. The Balaban J connectivity index is 1.98. The van der Waals surface area contributed by atoms with Crippen LogP contribution in [-0.4, -0.2) is 29.0 Å². The highest BCUT2D eigenvalue weighted by Gasteiger charge is 2.47. The number of fused-ring (bicyclic) bond motifs is 1. The standard InChI is InChI=1S/C17H13Cl2NO5/c1-25-14-4-8(2-3-12(14)21)13(22)7-17(24)10-5-9(18)6-11(19)15(10)20-16(17)23/h2-6,21,24H,7H2,1H3,(H,20,23)/t17-/m1/s1. The molecule has 1 heterocycles. The number of ether oxygens (including phenoxy) is 1. The van der Waals surface area contributed by atoms with Crippen LogP contribution in [-0.2, 0) is 10.4 Å². The molecule has 1 aliphatic rings. The first kappa shape index (κ1) is 17.5. The van der Waals surface area contributed by atoms with Crippen LogP contribution in [0.15, 0.2) is 30.3 Å². The Morgan fingerprint density at radius 2 is 2.00 bits per heavy atom. The molecule has 8 heteroatoms. The van der Waals surface area contributed by atoms with Gasteiger partial charge < -0.3 is 20.3 Å². The molecule has 3 N–H and O–H groups in total. The minimum absolute atomic E-state index is 0.111. The van der Waals surface area contributed by atoms with Crippen molar-refractivity contribution in [1.29, 1.82) is 0 Å². The molecule has 25 heavy (non-hydrogen) atoms. The molecule has 0 radical (unpaired) electrons. The van der Waals surface area contributed by atoms with Gasteiger partial charge in [0.2, 0.25) is 0 Å². The zero-order valence-electron chi connectivity index (χ0n) is 13.0. The summed E-state index contributed by atoms with van der Waals surface area (Å²) in [4.78, 5) is 24.8. The number of aliphatic hydroxyl groups is 1. The van der Waals surface area contributed by atoms with Crippen LogP contribution in [0.5, 0.6) is 11.5 Å². The number of methoxy groups -OCH3 is 1. The molecular formula is C17H13Cl2NO5. The van der Waals surface area contributed by atoms with Crippen molar-refractivity contribution >= 4 is 40.6 Å². The monoisotopic (exact) mass is 381 g/mol. The Labute approximate surface area is 152 Å². The van der Waals surface area contributed by atoms with E-state index in [0.29, 0.717) is 0 Å². The lowest BCUT2D eigenvalue weighted by Crippen LogP contribution is -2.36. The predicted octanol–water partition coefficient (Wildman–Crippen LogP) is 3.12. The number of Topliss-reactive ketones (excluding diaryl/α,β-unsaturated/α-hetero) is 1. The topological polar surface area (TPSA) is 95.9 Å². The number of amides is 1. The number of anilines is 1. The van der Waals surface area contributed by atoms with Gasteiger partial charge in [0.25, 0.3) is 5.91 Å². The molecule has 0 saturated carbocycles. The fourth-order valence-corrected chi connectivity index (χ4v) is 3.27. The maximum absolute atomic E-state index is 12.6. The zero-order chi connectivity index (χ0) is 18.4. The minimum atomic E-state index is -2.09. The molecule has 2 aromatic carbocycles. The van der Waals surface area contributed by atoms with E-state index in [1.54, 1.807) is 0 Å². The van der Waals surface area contributed by atoms with E-state index in [1.165, 1.54) is 37.4 Å². The smallest absolute Gasteiger partial charge is 0.261 e. The summed E-state index contributed by atoms with van der Waals surface area (Å²) < 4.78 is 4.96. The molecule has 1 aliphatic heterocycles. The van der Waals surface area contributed by atoms with Gasteiger partial charge in [-0.1, -0.05) is 23.2 Å². The lowest BCUT2D eigenvalue weighted by Gasteiger charge is -2.20. The van der Waals surface area contributed by atoms with Gasteiger partial charge >= 0.3 is 0 Å². The number of benzene rings is 2.